The summed E-state index contributed by atoms with van der Waals surface area (Å²) in [6, 6.07) is 13.0. The van der Waals surface area contributed by atoms with Crippen LogP contribution in [0.25, 0.3) is 6.08 Å². The molecule has 0 heterocycles. The Morgan fingerprint density at radius 2 is 1.61 bits per heavy atom. The van der Waals surface area contributed by atoms with Crippen molar-refractivity contribution in [3.05, 3.63) is 69.8 Å². The standard InChI is InChI=1S/C21H23N3O4/c1-4-23(5-2)18-10-6-16(7-11-18)14-20(15(3)25)21(26)22-17-8-12-19(13-9-17)24(27)28/h6-14H,4-5H2,1-3H3,(H,22,26)/b20-14+. The average molecular weight is 381 g/mol. The molecule has 146 valence electrons. The monoisotopic (exact) mass is 381 g/mol. The lowest BCUT2D eigenvalue weighted by Crippen LogP contribution is -2.21. The summed E-state index contributed by atoms with van der Waals surface area (Å²) in [5.41, 5.74) is 2.11. The lowest BCUT2D eigenvalue weighted by atomic mass is 10.1. The van der Waals surface area contributed by atoms with Gasteiger partial charge in [-0.1, -0.05) is 12.1 Å². The number of hydrogen-bond acceptors (Lipinski definition) is 5. The topological polar surface area (TPSA) is 92.6 Å². The highest BCUT2D eigenvalue weighted by Crippen LogP contribution is 2.19. The number of anilines is 2. The van der Waals surface area contributed by atoms with Crippen molar-refractivity contribution in [1.82, 2.24) is 0 Å². The Balaban J connectivity index is 2.20. The van der Waals surface area contributed by atoms with Crippen molar-refractivity contribution in [1.29, 1.82) is 0 Å². The third-order valence-electron chi connectivity index (χ3n) is 4.29. The number of rotatable bonds is 8. The molecule has 0 atom stereocenters. The van der Waals surface area contributed by atoms with Gasteiger partial charge in [-0.3, -0.25) is 19.7 Å². The number of ketones is 1. The highest BCUT2D eigenvalue weighted by atomic mass is 16.6. The van der Waals surface area contributed by atoms with Crippen LogP contribution in [0, 0.1) is 10.1 Å². The molecule has 0 aliphatic carbocycles. The van der Waals surface area contributed by atoms with Crippen molar-refractivity contribution < 1.29 is 14.5 Å². The number of non-ortho nitro benzene ring substituents is 1. The number of hydrogen-bond donors (Lipinski definition) is 1. The third-order valence-corrected chi connectivity index (χ3v) is 4.29. The first-order valence-corrected chi connectivity index (χ1v) is 8.99. The molecule has 0 fully saturated rings. The summed E-state index contributed by atoms with van der Waals surface area (Å²) in [7, 11) is 0. The van der Waals surface area contributed by atoms with Gasteiger partial charge in [0, 0.05) is 36.6 Å². The quantitative estimate of drug-likeness (QED) is 0.245. The van der Waals surface area contributed by atoms with Gasteiger partial charge in [0.25, 0.3) is 11.6 Å². The molecule has 1 N–H and O–H groups in total. The second-order valence-electron chi connectivity index (χ2n) is 6.14. The first-order chi connectivity index (χ1) is 13.3. The van der Waals surface area contributed by atoms with Gasteiger partial charge in [-0.2, -0.15) is 0 Å². The van der Waals surface area contributed by atoms with Gasteiger partial charge in [0.2, 0.25) is 0 Å². The summed E-state index contributed by atoms with van der Waals surface area (Å²) in [4.78, 5) is 36.8. The molecule has 0 saturated heterocycles. The summed E-state index contributed by atoms with van der Waals surface area (Å²) in [5, 5.41) is 13.3. The molecule has 0 aliphatic heterocycles. The number of nitrogens with zero attached hydrogens (tertiary/aromatic N) is 2. The van der Waals surface area contributed by atoms with E-state index in [1.54, 1.807) is 0 Å². The third kappa shape index (κ3) is 5.26. The molecule has 0 saturated carbocycles. The average Bonchev–Trinajstić information content (AvgIpc) is 2.68. The van der Waals surface area contributed by atoms with E-state index >= 15 is 0 Å². The summed E-state index contributed by atoms with van der Waals surface area (Å²) in [6.07, 6.45) is 1.54. The van der Waals surface area contributed by atoms with Gasteiger partial charge < -0.3 is 10.2 Å². The van der Waals surface area contributed by atoms with Crippen molar-refractivity contribution in [2.24, 2.45) is 0 Å². The second kappa shape index (κ2) is 9.45. The van der Waals surface area contributed by atoms with Gasteiger partial charge in [0.15, 0.2) is 5.78 Å². The van der Waals surface area contributed by atoms with Crippen LogP contribution in [-0.2, 0) is 9.59 Å². The molecular weight excluding hydrogens is 358 g/mol. The molecule has 0 radical (unpaired) electrons. The molecule has 2 aromatic carbocycles. The molecule has 1 amide bonds. The van der Waals surface area contributed by atoms with Gasteiger partial charge in [-0.25, -0.2) is 0 Å². The van der Waals surface area contributed by atoms with Crippen LogP contribution in [0.1, 0.15) is 26.3 Å². The van der Waals surface area contributed by atoms with E-state index in [1.807, 2.05) is 24.3 Å². The first kappa shape index (κ1) is 20.8. The number of Topliss-reactive ketones (excluding diaryl/α,β-unsaturated/α-hetero) is 1. The molecule has 2 rings (SSSR count). The smallest absolute Gasteiger partial charge is 0.269 e. The highest BCUT2D eigenvalue weighted by Gasteiger charge is 2.15. The van der Waals surface area contributed by atoms with Crippen molar-refractivity contribution >= 4 is 34.8 Å². The Labute approximate surface area is 163 Å². The number of benzene rings is 2. The fraction of sp³-hybridized carbons (Fsp3) is 0.238. The van der Waals surface area contributed by atoms with E-state index in [0.717, 1.165) is 24.3 Å². The van der Waals surface area contributed by atoms with Crippen LogP contribution >= 0.6 is 0 Å². The van der Waals surface area contributed by atoms with Crippen LogP contribution in [-0.4, -0.2) is 29.7 Å². The van der Waals surface area contributed by atoms with Crippen molar-refractivity contribution in [2.75, 3.05) is 23.3 Å². The van der Waals surface area contributed by atoms with Crippen molar-refractivity contribution in [3.63, 3.8) is 0 Å². The molecule has 7 nitrogen and oxygen atoms in total. The normalized spacial score (nSPS) is 11.0. The van der Waals surface area contributed by atoms with Crippen molar-refractivity contribution in [2.45, 2.75) is 20.8 Å². The molecule has 0 bridgehead atoms. The molecule has 7 heteroatoms. The number of carbonyl (C=O) groups is 2. The Kier molecular flexibility index (Phi) is 7.03. The Bertz CT molecular complexity index is 883. The van der Waals surface area contributed by atoms with Crippen LogP contribution in [0.5, 0.6) is 0 Å². The van der Waals surface area contributed by atoms with Crippen LogP contribution in [0.15, 0.2) is 54.1 Å². The maximum absolute atomic E-state index is 12.5. The van der Waals surface area contributed by atoms with E-state index in [4.69, 9.17) is 0 Å². The minimum Gasteiger partial charge on any atom is -0.372 e. The van der Waals surface area contributed by atoms with Gasteiger partial charge in [-0.15, -0.1) is 0 Å². The molecule has 0 aliphatic rings. The van der Waals surface area contributed by atoms with Crippen molar-refractivity contribution in [3.8, 4) is 0 Å². The largest absolute Gasteiger partial charge is 0.372 e. The van der Waals surface area contributed by atoms with E-state index in [-0.39, 0.29) is 17.0 Å². The van der Waals surface area contributed by atoms with Gasteiger partial charge in [0.05, 0.1) is 10.5 Å². The summed E-state index contributed by atoms with van der Waals surface area (Å²) >= 11 is 0. The van der Waals surface area contributed by atoms with Crippen LogP contribution in [0.2, 0.25) is 0 Å². The minimum absolute atomic E-state index is 0.00828. The fourth-order valence-corrected chi connectivity index (χ4v) is 2.73. The van der Waals surface area contributed by atoms with Crippen LogP contribution in [0.3, 0.4) is 0 Å². The Morgan fingerprint density at radius 1 is 1.04 bits per heavy atom. The lowest BCUT2D eigenvalue weighted by molar-refractivity contribution is -0.384. The Hall–Kier alpha value is -3.48. The number of nitrogens with one attached hydrogen (secondary N) is 1. The highest BCUT2D eigenvalue weighted by molar-refractivity contribution is 6.25. The Morgan fingerprint density at radius 3 is 2.07 bits per heavy atom. The van der Waals surface area contributed by atoms with E-state index in [2.05, 4.69) is 24.1 Å². The van der Waals surface area contributed by atoms with Gasteiger partial charge in [0.1, 0.15) is 0 Å². The molecule has 2 aromatic rings. The predicted molar refractivity (Wildman–Crippen MR) is 110 cm³/mol. The summed E-state index contributed by atoms with van der Waals surface area (Å²) < 4.78 is 0. The van der Waals surface area contributed by atoms with Crippen LogP contribution in [0.4, 0.5) is 17.1 Å². The molecule has 28 heavy (non-hydrogen) atoms. The zero-order valence-corrected chi connectivity index (χ0v) is 16.1. The number of nitro benzene ring substituents is 1. The maximum Gasteiger partial charge on any atom is 0.269 e. The molecule has 0 unspecified atom stereocenters. The number of carbonyl (C=O) groups excluding carboxylic acids is 2. The second-order valence-corrected chi connectivity index (χ2v) is 6.14. The van der Waals surface area contributed by atoms with E-state index < -0.39 is 10.8 Å². The minimum atomic E-state index is -0.561. The zero-order valence-electron chi connectivity index (χ0n) is 16.1. The summed E-state index contributed by atoms with van der Waals surface area (Å²) in [5.74, 6) is -0.929. The fourth-order valence-electron chi connectivity index (χ4n) is 2.73. The number of amides is 1. The van der Waals surface area contributed by atoms with E-state index in [1.165, 1.54) is 37.3 Å². The van der Waals surface area contributed by atoms with Gasteiger partial charge in [-0.05, 0) is 56.7 Å². The maximum atomic E-state index is 12.5. The summed E-state index contributed by atoms with van der Waals surface area (Å²) in [6.45, 7) is 7.26. The molecule has 0 spiro atoms. The van der Waals surface area contributed by atoms with Crippen LogP contribution < -0.4 is 10.2 Å². The zero-order chi connectivity index (χ0) is 20.7. The first-order valence-electron chi connectivity index (χ1n) is 8.99. The van der Waals surface area contributed by atoms with E-state index in [0.29, 0.717) is 5.69 Å². The molecular formula is C21H23N3O4. The molecule has 0 aromatic heterocycles. The predicted octanol–water partition coefficient (Wildman–Crippen LogP) is 4.05. The van der Waals surface area contributed by atoms with Gasteiger partial charge >= 0.3 is 0 Å². The van der Waals surface area contributed by atoms with E-state index in [9.17, 15) is 19.7 Å². The number of nitro groups is 1. The lowest BCUT2D eigenvalue weighted by Gasteiger charge is -2.20. The SMILES string of the molecule is CCN(CC)c1ccc(/C=C(\C(C)=O)C(=O)Nc2ccc([N+](=O)[O-])cc2)cc1.